The summed E-state index contributed by atoms with van der Waals surface area (Å²) in [6.45, 7) is 0. The van der Waals surface area contributed by atoms with E-state index in [9.17, 15) is 0 Å². The molecule has 0 spiro atoms. The minimum Gasteiger partial charge on any atom is -0.305 e. The van der Waals surface area contributed by atoms with E-state index < -0.39 is 0 Å². The van der Waals surface area contributed by atoms with Crippen molar-refractivity contribution in [2.24, 2.45) is 0 Å². The molecule has 2 aliphatic carbocycles. The van der Waals surface area contributed by atoms with Gasteiger partial charge in [-0.05, 0) is 116 Å². The summed E-state index contributed by atoms with van der Waals surface area (Å²) in [5.74, 6) is 1.53. The molecule has 2 fully saturated rings. The molecular formula is C67H58IrN3. The van der Waals surface area contributed by atoms with Crippen LogP contribution in [0.2, 0.25) is 0 Å². The van der Waals surface area contributed by atoms with Gasteiger partial charge in [-0.2, -0.15) is 0 Å². The van der Waals surface area contributed by atoms with Gasteiger partial charge in [0, 0.05) is 18.6 Å². The van der Waals surface area contributed by atoms with E-state index in [1.165, 1.54) is 114 Å². The first-order valence-electron chi connectivity index (χ1n) is 25.2. The van der Waals surface area contributed by atoms with E-state index in [4.69, 9.17) is 0 Å². The maximum absolute atomic E-state index is 4.58. The van der Waals surface area contributed by atoms with Crippen LogP contribution < -0.4 is 0 Å². The van der Waals surface area contributed by atoms with Gasteiger partial charge in [0.1, 0.15) is 0 Å². The summed E-state index contributed by atoms with van der Waals surface area (Å²) in [6.07, 6.45) is 19.4. The summed E-state index contributed by atoms with van der Waals surface area (Å²) in [5, 5.41) is 2.36. The number of hydrogen-bond acceptors (Lipinski definition) is 3. The molecule has 0 amide bonds. The molecular weight excluding hydrogens is 1040 g/mol. The number of nitrogens with zero attached hydrogens (tertiary/aromatic N) is 3. The second kappa shape index (κ2) is 24.6. The average Bonchev–Trinajstić information content (AvgIpc) is 3.47. The van der Waals surface area contributed by atoms with Crippen LogP contribution in [0.5, 0.6) is 0 Å². The maximum atomic E-state index is 4.58. The fourth-order valence-electron chi connectivity index (χ4n) is 10.0. The molecule has 2 aliphatic rings. The number of benzene rings is 7. The maximum Gasteiger partial charge on any atom is 3.00 e. The van der Waals surface area contributed by atoms with Gasteiger partial charge in [-0.25, -0.2) is 0 Å². The second-order valence-electron chi connectivity index (χ2n) is 18.6. The van der Waals surface area contributed by atoms with Crippen LogP contribution in [0.25, 0.3) is 77.9 Å². The molecule has 350 valence electrons. The molecule has 3 nitrogen and oxygen atoms in total. The predicted molar refractivity (Wildman–Crippen MR) is 291 cm³/mol. The first-order chi connectivity index (χ1) is 34.7. The Morgan fingerprint density at radius 2 is 0.775 bits per heavy atom. The van der Waals surface area contributed by atoms with Gasteiger partial charge in [0.05, 0.1) is 0 Å². The fourth-order valence-corrected chi connectivity index (χ4v) is 10.0. The van der Waals surface area contributed by atoms with Crippen LogP contribution >= 0.6 is 0 Å². The smallest absolute Gasteiger partial charge is 0.305 e. The monoisotopic (exact) mass is 1100 g/mol. The Bertz CT molecular complexity index is 3060. The summed E-state index contributed by atoms with van der Waals surface area (Å²) in [6, 6.07) is 79.6. The SMILES string of the molecule is [Ir+3].[c-]1ccc(-c2ccccc2)cc1-c1cc2ccccc2cn1.[c-]1ccccc1-c1cc(-c2ccc(C3CCCCC3)cc2)ccn1.[c-]1ccccc1-c1cc(-c2ccc(C3CCCCC3)cc2)ccn1. The molecule has 12 rings (SSSR count). The van der Waals surface area contributed by atoms with Crippen molar-refractivity contribution in [3.05, 3.63) is 248 Å². The third-order valence-corrected chi connectivity index (χ3v) is 13.9. The van der Waals surface area contributed by atoms with Gasteiger partial charge in [-0.15, -0.1) is 107 Å². The van der Waals surface area contributed by atoms with E-state index in [1.54, 1.807) is 0 Å². The average molecular weight is 1100 g/mol. The van der Waals surface area contributed by atoms with Crippen LogP contribution in [0.1, 0.15) is 87.2 Å². The van der Waals surface area contributed by atoms with Crippen LogP contribution in [0.15, 0.2) is 219 Å². The zero-order valence-corrected chi connectivity index (χ0v) is 42.6. The summed E-state index contributed by atoms with van der Waals surface area (Å²) < 4.78 is 0. The molecule has 7 aromatic carbocycles. The summed E-state index contributed by atoms with van der Waals surface area (Å²) in [7, 11) is 0. The topological polar surface area (TPSA) is 38.7 Å². The largest absolute Gasteiger partial charge is 3.00 e. The molecule has 3 heterocycles. The molecule has 2 saturated carbocycles. The number of rotatable bonds is 8. The standard InChI is InChI=1S/2C23H22N.C21H14N.Ir/c2*1-3-7-18(8-4-1)19-11-13-20(14-12-19)22-15-16-24-23(17-22)21-9-5-2-6-10-21;1-2-7-16(8-3-1)17-11-6-12-19(13-17)21-14-18-9-4-5-10-20(18)15-22-21;/h2*2,5-6,9,11-18H,1,3-4,7-8H2;1-11,13-15H;/q3*-1;+3. The molecule has 71 heavy (non-hydrogen) atoms. The van der Waals surface area contributed by atoms with Crippen molar-refractivity contribution in [3.8, 4) is 67.2 Å². The van der Waals surface area contributed by atoms with Crippen LogP contribution in [0.4, 0.5) is 0 Å². The number of aromatic nitrogens is 3. The van der Waals surface area contributed by atoms with Gasteiger partial charge in [0.25, 0.3) is 0 Å². The molecule has 10 aromatic rings. The number of fused-ring (bicyclic) bond motifs is 1. The van der Waals surface area contributed by atoms with Crippen molar-refractivity contribution in [1.29, 1.82) is 0 Å². The Morgan fingerprint density at radius 1 is 0.324 bits per heavy atom. The summed E-state index contributed by atoms with van der Waals surface area (Å²) in [4.78, 5) is 13.6. The van der Waals surface area contributed by atoms with E-state index in [0.717, 1.165) is 51.0 Å². The van der Waals surface area contributed by atoms with Gasteiger partial charge in [-0.3, -0.25) is 0 Å². The van der Waals surface area contributed by atoms with Gasteiger partial charge in [-0.1, -0.05) is 160 Å². The second-order valence-corrected chi connectivity index (χ2v) is 18.6. The Morgan fingerprint density at radius 3 is 1.30 bits per heavy atom. The zero-order chi connectivity index (χ0) is 47.2. The van der Waals surface area contributed by atoms with Crippen molar-refractivity contribution < 1.29 is 20.1 Å². The fraction of sp³-hybridized carbons (Fsp3) is 0.179. The Balaban J connectivity index is 0.000000131. The Hall–Kier alpha value is -7.10. The normalized spacial score (nSPS) is 13.7. The Labute approximate surface area is 434 Å². The molecule has 0 atom stereocenters. The van der Waals surface area contributed by atoms with Crippen LogP contribution in [0, 0.1) is 18.2 Å². The van der Waals surface area contributed by atoms with E-state index in [0.29, 0.717) is 0 Å². The van der Waals surface area contributed by atoms with Crippen molar-refractivity contribution in [2.75, 3.05) is 0 Å². The molecule has 0 saturated heterocycles. The number of pyridine rings is 3. The quantitative estimate of drug-likeness (QED) is 0.142. The third kappa shape index (κ3) is 12.8. The van der Waals surface area contributed by atoms with Crippen molar-refractivity contribution in [1.82, 2.24) is 15.0 Å². The molecule has 0 radical (unpaired) electrons. The van der Waals surface area contributed by atoms with E-state index in [1.807, 2.05) is 73.2 Å². The van der Waals surface area contributed by atoms with E-state index >= 15 is 0 Å². The Kier molecular flexibility index (Phi) is 17.0. The molecule has 3 aromatic heterocycles. The van der Waals surface area contributed by atoms with Crippen molar-refractivity contribution >= 4 is 10.8 Å². The first-order valence-corrected chi connectivity index (χ1v) is 25.2. The predicted octanol–water partition coefficient (Wildman–Crippen LogP) is 17.9. The van der Waals surface area contributed by atoms with Crippen molar-refractivity contribution in [2.45, 2.75) is 76.0 Å². The minimum absolute atomic E-state index is 0. The molecule has 0 aliphatic heterocycles. The summed E-state index contributed by atoms with van der Waals surface area (Å²) in [5.41, 5.74) is 16.4. The van der Waals surface area contributed by atoms with Crippen molar-refractivity contribution in [3.63, 3.8) is 0 Å². The third-order valence-electron chi connectivity index (χ3n) is 13.9. The van der Waals surface area contributed by atoms with E-state index in [2.05, 4.69) is 179 Å². The van der Waals surface area contributed by atoms with Crippen LogP contribution in [-0.4, -0.2) is 15.0 Å². The van der Waals surface area contributed by atoms with Gasteiger partial charge < -0.3 is 15.0 Å². The molecule has 4 heteroatoms. The zero-order valence-electron chi connectivity index (χ0n) is 40.2. The first kappa shape index (κ1) is 48.9. The summed E-state index contributed by atoms with van der Waals surface area (Å²) >= 11 is 0. The van der Waals surface area contributed by atoms with E-state index in [-0.39, 0.29) is 20.1 Å². The molecule has 0 bridgehead atoms. The van der Waals surface area contributed by atoms with Gasteiger partial charge in [0.2, 0.25) is 0 Å². The van der Waals surface area contributed by atoms with Gasteiger partial charge >= 0.3 is 20.1 Å². The van der Waals surface area contributed by atoms with Gasteiger partial charge in [0.15, 0.2) is 0 Å². The van der Waals surface area contributed by atoms with Crippen LogP contribution in [0.3, 0.4) is 0 Å². The van der Waals surface area contributed by atoms with Crippen LogP contribution in [-0.2, 0) is 20.1 Å². The minimum atomic E-state index is 0. The molecule has 0 N–H and O–H groups in total. The molecule has 0 unspecified atom stereocenters. The number of hydrogen-bond donors (Lipinski definition) is 0.